The van der Waals surface area contributed by atoms with E-state index in [2.05, 4.69) is 22.3 Å². The van der Waals surface area contributed by atoms with Crippen molar-refractivity contribution in [2.24, 2.45) is 10.9 Å². The largest absolute Gasteiger partial charge is 0.356 e. The summed E-state index contributed by atoms with van der Waals surface area (Å²) < 4.78 is 13.3. The SMILES string of the molecule is CN=C(NCCC1CCN(C)CC1)N(C)Cc1cccc(F)c1.I. The lowest BCUT2D eigenvalue weighted by Gasteiger charge is -2.29. The molecule has 1 aromatic rings. The van der Waals surface area contributed by atoms with Crippen molar-refractivity contribution in [1.82, 2.24) is 15.1 Å². The molecule has 24 heavy (non-hydrogen) atoms. The molecule has 6 heteroatoms. The number of guanidine groups is 1. The molecule has 0 atom stereocenters. The molecule has 0 bridgehead atoms. The van der Waals surface area contributed by atoms with Crippen LogP contribution in [0.25, 0.3) is 0 Å². The van der Waals surface area contributed by atoms with E-state index in [0.29, 0.717) is 6.54 Å². The van der Waals surface area contributed by atoms with Crippen LogP contribution < -0.4 is 5.32 Å². The highest BCUT2D eigenvalue weighted by Gasteiger charge is 2.16. The third-order valence-corrected chi connectivity index (χ3v) is 4.56. The van der Waals surface area contributed by atoms with E-state index < -0.39 is 0 Å². The number of piperidine rings is 1. The van der Waals surface area contributed by atoms with Gasteiger partial charge in [0.15, 0.2) is 5.96 Å². The zero-order valence-corrected chi connectivity index (χ0v) is 17.3. The summed E-state index contributed by atoms with van der Waals surface area (Å²) >= 11 is 0. The fraction of sp³-hybridized carbons (Fsp3) is 0.611. The van der Waals surface area contributed by atoms with Gasteiger partial charge < -0.3 is 15.1 Å². The Balaban J connectivity index is 0.00000288. The van der Waals surface area contributed by atoms with Crippen LogP contribution in [0.3, 0.4) is 0 Å². The second-order valence-corrected chi connectivity index (χ2v) is 6.50. The molecule has 0 radical (unpaired) electrons. The highest BCUT2D eigenvalue weighted by Crippen LogP contribution is 2.18. The quantitative estimate of drug-likeness (QED) is 0.427. The maximum Gasteiger partial charge on any atom is 0.193 e. The van der Waals surface area contributed by atoms with E-state index in [1.807, 2.05) is 18.0 Å². The summed E-state index contributed by atoms with van der Waals surface area (Å²) in [4.78, 5) is 8.76. The van der Waals surface area contributed by atoms with Gasteiger partial charge in [-0.15, -0.1) is 24.0 Å². The van der Waals surface area contributed by atoms with E-state index >= 15 is 0 Å². The van der Waals surface area contributed by atoms with Crippen molar-refractivity contribution >= 4 is 29.9 Å². The number of nitrogens with zero attached hydrogens (tertiary/aromatic N) is 3. The minimum atomic E-state index is -0.193. The fourth-order valence-corrected chi connectivity index (χ4v) is 3.11. The molecule has 0 aromatic heterocycles. The van der Waals surface area contributed by atoms with Crippen molar-refractivity contribution in [3.63, 3.8) is 0 Å². The van der Waals surface area contributed by atoms with Crippen LogP contribution in [0.5, 0.6) is 0 Å². The van der Waals surface area contributed by atoms with Gasteiger partial charge in [-0.25, -0.2) is 4.39 Å². The molecule has 0 saturated carbocycles. The van der Waals surface area contributed by atoms with Gasteiger partial charge in [0, 0.05) is 27.2 Å². The van der Waals surface area contributed by atoms with E-state index in [9.17, 15) is 4.39 Å². The summed E-state index contributed by atoms with van der Waals surface area (Å²) in [5, 5.41) is 3.43. The van der Waals surface area contributed by atoms with Gasteiger partial charge >= 0.3 is 0 Å². The topological polar surface area (TPSA) is 30.9 Å². The van der Waals surface area contributed by atoms with E-state index in [1.54, 1.807) is 19.2 Å². The number of hydrogen-bond acceptors (Lipinski definition) is 2. The van der Waals surface area contributed by atoms with Crippen LogP contribution in [0, 0.1) is 11.7 Å². The minimum absolute atomic E-state index is 0. The molecule has 2 rings (SSSR count). The molecule has 4 nitrogen and oxygen atoms in total. The van der Waals surface area contributed by atoms with Crippen LogP contribution in [0.1, 0.15) is 24.8 Å². The summed E-state index contributed by atoms with van der Waals surface area (Å²) in [6.45, 7) is 4.00. The first-order valence-electron chi connectivity index (χ1n) is 8.43. The Labute approximate surface area is 162 Å². The first kappa shape index (κ1) is 21.2. The van der Waals surface area contributed by atoms with Crippen molar-refractivity contribution in [3.8, 4) is 0 Å². The number of aliphatic imine (C=N–C) groups is 1. The molecule has 0 amide bonds. The van der Waals surface area contributed by atoms with E-state index in [1.165, 1.54) is 38.4 Å². The molecule has 0 spiro atoms. The van der Waals surface area contributed by atoms with Crippen LogP contribution >= 0.6 is 24.0 Å². The number of hydrogen-bond donors (Lipinski definition) is 1. The van der Waals surface area contributed by atoms with Gasteiger partial charge in [0.05, 0.1) is 0 Å². The number of rotatable bonds is 5. The predicted molar refractivity (Wildman–Crippen MR) is 109 cm³/mol. The zero-order chi connectivity index (χ0) is 16.7. The average molecular weight is 448 g/mol. The zero-order valence-electron chi connectivity index (χ0n) is 15.0. The van der Waals surface area contributed by atoms with Gasteiger partial charge in [0.1, 0.15) is 5.82 Å². The van der Waals surface area contributed by atoms with E-state index in [0.717, 1.165) is 24.0 Å². The number of halogens is 2. The number of likely N-dealkylation sites (tertiary alicyclic amines) is 1. The summed E-state index contributed by atoms with van der Waals surface area (Å²) in [5.74, 6) is 1.48. The van der Waals surface area contributed by atoms with Crippen molar-refractivity contribution < 1.29 is 4.39 Å². The molecule has 1 aliphatic heterocycles. The Bertz CT molecular complexity index is 515. The maximum atomic E-state index is 13.3. The summed E-state index contributed by atoms with van der Waals surface area (Å²) in [5.41, 5.74) is 0.950. The van der Waals surface area contributed by atoms with Crippen LogP contribution in [0.2, 0.25) is 0 Å². The summed E-state index contributed by atoms with van der Waals surface area (Å²) in [6, 6.07) is 6.72. The molecule has 1 aliphatic rings. The third kappa shape index (κ3) is 6.93. The second-order valence-electron chi connectivity index (χ2n) is 6.50. The lowest BCUT2D eigenvalue weighted by atomic mass is 9.94. The summed E-state index contributed by atoms with van der Waals surface area (Å²) in [7, 11) is 5.97. The Morgan fingerprint density at radius 3 is 2.71 bits per heavy atom. The molecule has 1 N–H and O–H groups in total. The lowest BCUT2D eigenvalue weighted by molar-refractivity contribution is 0.212. The van der Waals surface area contributed by atoms with Crippen molar-refractivity contribution in [2.45, 2.75) is 25.8 Å². The Morgan fingerprint density at radius 1 is 1.38 bits per heavy atom. The molecule has 1 aromatic carbocycles. The van der Waals surface area contributed by atoms with Crippen molar-refractivity contribution in [2.75, 3.05) is 40.8 Å². The van der Waals surface area contributed by atoms with Crippen LogP contribution in [0.4, 0.5) is 4.39 Å². The third-order valence-electron chi connectivity index (χ3n) is 4.56. The van der Waals surface area contributed by atoms with Gasteiger partial charge in [-0.3, -0.25) is 4.99 Å². The molecular weight excluding hydrogens is 418 g/mol. The first-order valence-corrected chi connectivity index (χ1v) is 8.43. The maximum absolute atomic E-state index is 13.3. The molecule has 0 unspecified atom stereocenters. The molecule has 0 aliphatic carbocycles. The van der Waals surface area contributed by atoms with Gasteiger partial charge in [-0.1, -0.05) is 12.1 Å². The Hall–Kier alpha value is -0.890. The van der Waals surface area contributed by atoms with Crippen molar-refractivity contribution in [1.29, 1.82) is 0 Å². The van der Waals surface area contributed by atoms with Crippen LogP contribution in [-0.4, -0.2) is 56.5 Å². The normalized spacial score (nSPS) is 16.6. The molecule has 1 heterocycles. The van der Waals surface area contributed by atoms with Gasteiger partial charge in [0.2, 0.25) is 0 Å². The van der Waals surface area contributed by atoms with Gasteiger partial charge in [-0.05, 0) is 63.0 Å². The highest BCUT2D eigenvalue weighted by atomic mass is 127. The fourth-order valence-electron chi connectivity index (χ4n) is 3.11. The lowest BCUT2D eigenvalue weighted by Crippen LogP contribution is -2.40. The molecule has 1 saturated heterocycles. The number of nitrogens with one attached hydrogen (secondary N) is 1. The minimum Gasteiger partial charge on any atom is -0.356 e. The summed E-state index contributed by atoms with van der Waals surface area (Å²) in [6.07, 6.45) is 3.76. The van der Waals surface area contributed by atoms with E-state index in [4.69, 9.17) is 0 Å². The first-order chi connectivity index (χ1) is 11.1. The standard InChI is InChI=1S/C18H29FN4.HI/c1-20-18(21-10-7-15-8-11-22(2)12-9-15)23(3)14-16-5-4-6-17(19)13-16;/h4-6,13,15H,7-12,14H2,1-3H3,(H,20,21);1H. The smallest absolute Gasteiger partial charge is 0.193 e. The molecule has 136 valence electrons. The van der Waals surface area contributed by atoms with Crippen LogP contribution in [-0.2, 0) is 6.54 Å². The molecular formula is C18H30FIN4. The van der Waals surface area contributed by atoms with Crippen LogP contribution in [0.15, 0.2) is 29.3 Å². The van der Waals surface area contributed by atoms with Gasteiger partial charge in [-0.2, -0.15) is 0 Å². The van der Waals surface area contributed by atoms with E-state index in [-0.39, 0.29) is 29.8 Å². The predicted octanol–water partition coefficient (Wildman–Crippen LogP) is 3.18. The molecule has 1 fully saturated rings. The monoisotopic (exact) mass is 448 g/mol. The average Bonchev–Trinajstić information content (AvgIpc) is 2.53. The second kappa shape index (κ2) is 10.9. The Morgan fingerprint density at radius 2 is 2.08 bits per heavy atom. The number of benzene rings is 1. The van der Waals surface area contributed by atoms with Crippen molar-refractivity contribution in [3.05, 3.63) is 35.6 Å². The van der Waals surface area contributed by atoms with Gasteiger partial charge in [0.25, 0.3) is 0 Å². The Kier molecular flexibility index (Phi) is 9.58. The highest BCUT2D eigenvalue weighted by molar-refractivity contribution is 14.0.